The Morgan fingerprint density at radius 3 is 2.63 bits per heavy atom. The Morgan fingerprint density at radius 1 is 0.926 bits per heavy atom. The van der Waals surface area contributed by atoms with E-state index in [9.17, 15) is 0 Å². The van der Waals surface area contributed by atoms with Gasteiger partial charge in [0.1, 0.15) is 11.6 Å². The topological polar surface area (TPSA) is 76.7 Å². The van der Waals surface area contributed by atoms with Crippen LogP contribution < -0.4 is 11.1 Å². The predicted molar refractivity (Wildman–Crippen MR) is 111 cm³/mol. The van der Waals surface area contributed by atoms with Crippen molar-refractivity contribution < 1.29 is 0 Å². The number of benzene rings is 1. The fraction of sp³-hybridized carbons (Fsp3) is 0.0952. The van der Waals surface area contributed by atoms with E-state index in [1.807, 2.05) is 41.8 Å². The highest BCUT2D eigenvalue weighted by atomic mass is 32.1. The van der Waals surface area contributed by atoms with E-state index in [-0.39, 0.29) is 5.95 Å². The molecule has 4 rings (SSSR count). The average molecular weight is 373 g/mol. The quantitative estimate of drug-likeness (QED) is 0.512. The summed E-state index contributed by atoms with van der Waals surface area (Å²) in [6, 6.07) is 18.3. The van der Waals surface area contributed by atoms with Gasteiger partial charge in [0.2, 0.25) is 5.95 Å². The molecule has 0 atom stereocenters. The van der Waals surface area contributed by atoms with Gasteiger partial charge in [0.15, 0.2) is 0 Å². The van der Waals surface area contributed by atoms with Crippen molar-refractivity contribution in [3.05, 3.63) is 82.7 Å². The Bertz CT molecular complexity index is 1020. The van der Waals surface area contributed by atoms with Crippen molar-refractivity contribution in [1.29, 1.82) is 0 Å². The Hall–Kier alpha value is -3.25. The molecule has 5 nitrogen and oxygen atoms in total. The fourth-order valence-corrected chi connectivity index (χ4v) is 3.48. The molecule has 27 heavy (non-hydrogen) atoms. The number of nitrogens with zero attached hydrogens (tertiary/aromatic N) is 3. The van der Waals surface area contributed by atoms with Gasteiger partial charge in [-0.05, 0) is 42.0 Å². The van der Waals surface area contributed by atoms with Crippen molar-refractivity contribution >= 4 is 28.9 Å². The highest BCUT2D eigenvalue weighted by Gasteiger charge is 2.09. The molecule has 1 aromatic carbocycles. The van der Waals surface area contributed by atoms with Crippen molar-refractivity contribution in [3.63, 3.8) is 0 Å². The molecule has 0 aliphatic heterocycles. The van der Waals surface area contributed by atoms with Crippen LogP contribution in [0.5, 0.6) is 0 Å². The largest absolute Gasteiger partial charge is 0.368 e. The summed E-state index contributed by atoms with van der Waals surface area (Å²) in [6.07, 6.45) is 3.51. The average Bonchev–Trinajstić information content (AvgIpc) is 3.23. The van der Waals surface area contributed by atoms with Gasteiger partial charge in [0.25, 0.3) is 0 Å². The third-order valence-electron chi connectivity index (χ3n) is 4.22. The number of pyridine rings is 1. The first-order chi connectivity index (χ1) is 13.3. The first-order valence-corrected chi connectivity index (χ1v) is 9.64. The number of hydrogen-bond donors (Lipinski definition) is 2. The summed E-state index contributed by atoms with van der Waals surface area (Å²) in [5.74, 6) is 1.68. The molecule has 0 saturated heterocycles. The van der Waals surface area contributed by atoms with E-state index in [2.05, 4.69) is 38.9 Å². The molecule has 6 heteroatoms. The molecule has 3 heterocycles. The van der Waals surface area contributed by atoms with Crippen molar-refractivity contribution in [2.45, 2.75) is 12.8 Å². The lowest BCUT2D eigenvalue weighted by Crippen LogP contribution is -2.06. The Balaban J connectivity index is 1.56. The lowest BCUT2D eigenvalue weighted by atomic mass is 10.1. The van der Waals surface area contributed by atoms with Crippen LogP contribution in [-0.2, 0) is 12.8 Å². The van der Waals surface area contributed by atoms with Crippen LogP contribution in [0.4, 0.5) is 17.6 Å². The van der Waals surface area contributed by atoms with Crippen LogP contribution in [-0.4, -0.2) is 15.0 Å². The minimum Gasteiger partial charge on any atom is -0.368 e. The number of hydrogen-bond acceptors (Lipinski definition) is 6. The molecule has 0 aliphatic carbocycles. The summed E-state index contributed by atoms with van der Waals surface area (Å²) >= 11 is 1.66. The van der Waals surface area contributed by atoms with Gasteiger partial charge in [-0.2, -0.15) is 16.3 Å². The maximum Gasteiger partial charge on any atom is 0.221 e. The molecular weight excluding hydrogens is 354 g/mol. The minimum absolute atomic E-state index is 0.245. The lowest BCUT2D eigenvalue weighted by molar-refractivity contribution is 0.938. The molecule has 0 bridgehead atoms. The number of nitrogens with one attached hydrogen (secondary N) is 1. The maximum absolute atomic E-state index is 5.81. The van der Waals surface area contributed by atoms with E-state index >= 15 is 0 Å². The Labute approximate surface area is 162 Å². The summed E-state index contributed by atoms with van der Waals surface area (Å²) in [4.78, 5) is 13.2. The van der Waals surface area contributed by atoms with Crippen molar-refractivity contribution in [3.8, 4) is 11.3 Å². The van der Waals surface area contributed by atoms with Gasteiger partial charge >= 0.3 is 0 Å². The zero-order valence-corrected chi connectivity index (χ0v) is 15.5. The predicted octanol–water partition coefficient (Wildman–Crippen LogP) is 4.71. The fourth-order valence-electron chi connectivity index (χ4n) is 2.83. The highest BCUT2D eigenvalue weighted by Crippen LogP contribution is 2.24. The molecule has 3 aromatic heterocycles. The first-order valence-electron chi connectivity index (χ1n) is 8.70. The summed E-state index contributed by atoms with van der Waals surface area (Å²) in [7, 11) is 0. The Kier molecular flexibility index (Phi) is 5.07. The smallest absolute Gasteiger partial charge is 0.221 e. The second-order valence-corrected chi connectivity index (χ2v) is 6.91. The molecule has 134 valence electrons. The number of aryl methyl sites for hydroxylation is 2. The molecule has 0 fully saturated rings. The molecule has 0 saturated carbocycles. The van der Waals surface area contributed by atoms with Crippen LogP contribution >= 0.6 is 11.3 Å². The minimum atomic E-state index is 0.245. The lowest BCUT2D eigenvalue weighted by Gasteiger charge is -2.11. The number of rotatable bonds is 6. The highest BCUT2D eigenvalue weighted by molar-refractivity contribution is 7.08. The molecule has 0 unspecified atom stereocenters. The summed E-state index contributed by atoms with van der Waals surface area (Å²) in [6.45, 7) is 0. The SMILES string of the molecule is Nc1ncc(CCc2ccccc2)c(Nc2cccc(-c3ccsc3)n2)n1. The molecule has 0 aliphatic rings. The van der Waals surface area contributed by atoms with Gasteiger partial charge in [-0.1, -0.05) is 36.4 Å². The second kappa shape index (κ2) is 7.97. The van der Waals surface area contributed by atoms with Gasteiger partial charge in [-0.15, -0.1) is 0 Å². The van der Waals surface area contributed by atoms with Gasteiger partial charge in [0, 0.05) is 22.7 Å². The standard InChI is InChI=1S/C21H19N5S/c22-21-23-13-16(10-9-15-5-2-1-3-6-15)20(26-21)25-19-8-4-7-18(24-19)17-11-12-27-14-17/h1-8,11-14H,9-10H2,(H3,22,23,24,25,26). The van der Waals surface area contributed by atoms with Crippen molar-refractivity contribution in [2.75, 3.05) is 11.1 Å². The zero-order valence-electron chi connectivity index (χ0n) is 14.7. The first kappa shape index (κ1) is 17.2. The van der Waals surface area contributed by atoms with Crippen LogP contribution in [0.25, 0.3) is 11.3 Å². The van der Waals surface area contributed by atoms with Crippen LogP contribution in [0, 0.1) is 0 Å². The number of anilines is 3. The van der Waals surface area contributed by atoms with Crippen LogP contribution in [0.2, 0.25) is 0 Å². The number of aromatic nitrogens is 3. The van der Waals surface area contributed by atoms with E-state index in [0.717, 1.165) is 35.5 Å². The summed E-state index contributed by atoms with van der Waals surface area (Å²) in [5.41, 5.74) is 10.1. The van der Waals surface area contributed by atoms with E-state index in [4.69, 9.17) is 10.7 Å². The van der Waals surface area contributed by atoms with Crippen molar-refractivity contribution in [2.24, 2.45) is 0 Å². The van der Waals surface area contributed by atoms with E-state index in [0.29, 0.717) is 5.82 Å². The maximum atomic E-state index is 5.81. The monoisotopic (exact) mass is 373 g/mol. The molecule has 0 radical (unpaired) electrons. The normalized spacial score (nSPS) is 10.7. The van der Waals surface area contributed by atoms with Crippen molar-refractivity contribution in [1.82, 2.24) is 15.0 Å². The molecule has 0 spiro atoms. The molecule has 3 N–H and O–H groups in total. The third kappa shape index (κ3) is 4.30. The molecule has 0 amide bonds. The van der Waals surface area contributed by atoms with E-state index in [1.165, 1.54) is 5.56 Å². The van der Waals surface area contributed by atoms with Crippen LogP contribution in [0.3, 0.4) is 0 Å². The van der Waals surface area contributed by atoms with E-state index < -0.39 is 0 Å². The second-order valence-electron chi connectivity index (χ2n) is 6.13. The molecule has 4 aromatic rings. The number of nitrogen functional groups attached to an aromatic ring is 1. The van der Waals surface area contributed by atoms with Gasteiger partial charge < -0.3 is 11.1 Å². The van der Waals surface area contributed by atoms with Crippen LogP contribution in [0.15, 0.2) is 71.6 Å². The summed E-state index contributed by atoms with van der Waals surface area (Å²) < 4.78 is 0. The van der Waals surface area contributed by atoms with Gasteiger partial charge in [0.05, 0.1) is 5.69 Å². The molecular formula is C21H19N5S. The summed E-state index contributed by atoms with van der Waals surface area (Å²) in [5, 5.41) is 7.44. The third-order valence-corrected chi connectivity index (χ3v) is 4.90. The Morgan fingerprint density at radius 2 is 1.81 bits per heavy atom. The van der Waals surface area contributed by atoms with E-state index in [1.54, 1.807) is 17.5 Å². The van der Waals surface area contributed by atoms with Gasteiger partial charge in [-0.25, -0.2) is 9.97 Å². The number of nitrogens with two attached hydrogens (primary N) is 1. The van der Waals surface area contributed by atoms with Gasteiger partial charge in [-0.3, -0.25) is 0 Å². The van der Waals surface area contributed by atoms with Crippen LogP contribution in [0.1, 0.15) is 11.1 Å². The number of thiophene rings is 1. The zero-order chi connectivity index (χ0) is 18.5.